The summed E-state index contributed by atoms with van der Waals surface area (Å²) in [5.74, 6) is -2.28. The second-order valence-electron chi connectivity index (χ2n) is 7.91. The van der Waals surface area contributed by atoms with Crippen LogP contribution in [-0.4, -0.2) is 39.6 Å². The van der Waals surface area contributed by atoms with Crippen molar-refractivity contribution in [3.05, 3.63) is 64.7 Å². The summed E-state index contributed by atoms with van der Waals surface area (Å²) in [6, 6.07) is 8.06. The number of carbonyl (C=O) groups excluding carboxylic acids is 1. The van der Waals surface area contributed by atoms with Gasteiger partial charge in [-0.1, -0.05) is 32.4 Å². The van der Waals surface area contributed by atoms with Crippen LogP contribution >= 0.6 is 11.6 Å². The fourth-order valence-corrected chi connectivity index (χ4v) is 5.45. The van der Waals surface area contributed by atoms with Gasteiger partial charge in [0.25, 0.3) is 0 Å². The topological polar surface area (TPSA) is 63.7 Å². The number of carbonyl (C=O) groups is 1. The molecule has 1 amide bonds. The molecule has 31 heavy (non-hydrogen) atoms. The van der Waals surface area contributed by atoms with Crippen LogP contribution in [0.4, 0.5) is 13.6 Å². The summed E-state index contributed by atoms with van der Waals surface area (Å²) >= 11 is 5.85. The van der Waals surface area contributed by atoms with Gasteiger partial charge in [0.15, 0.2) is 9.84 Å². The molecule has 0 aliphatic carbocycles. The van der Waals surface area contributed by atoms with Crippen LogP contribution in [0.25, 0.3) is 0 Å². The van der Waals surface area contributed by atoms with Crippen molar-refractivity contribution < 1.29 is 26.7 Å². The zero-order valence-corrected chi connectivity index (χ0v) is 19.4. The highest BCUT2D eigenvalue weighted by Crippen LogP contribution is 2.37. The second-order valence-corrected chi connectivity index (χ2v) is 10.4. The van der Waals surface area contributed by atoms with Crippen molar-refractivity contribution in [2.75, 3.05) is 20.2 Å². The van der Waals surface area contributed by atoms with Crippen LogP contribution in [0, 0.1) is 23.5 Å². The lowest BCUT2D eigenvalue weighted by Crippen LogP contribution is -2.33. The molecule has 170 valence electrons. The van der Waals surface area contributed by atoms with Gasteiger partial charge in [-0.05, 0) is 48.4 Å². The molecule has 0 aromatic heterocycles. The quantitative estimate of drug-likeness (QED) is 0.508. The summed E-state index contributed by atoms with van der Waals surface area (Å²) in [5, 5.41) is -1.14. The van der Waals surface area contributed by atoms with E-state index < -0.39 is 38.7 Å². The maximum atomic E-state index is 14.6. The van der Waals surface area contributed by atoms with Gasteiger partial charge in [-0.2, -0.15) is 0 Å². The molecule has 2 rings (SSSR count). The predicted molar refractivity (Wildman–Crippen MR) is 116 cm³/mol. The number of benzene rings is 2. The lowest BCUT2D eigenvalue weighted by atomic mass is 10.0. The Morgan fingerprint density at radius 2 is 1.71 bits per heavy atom. The van der Waals surface area contributed by atoms with Gasteiger partial charge >= 0.3 is 6.09 Å². The van der Waals surface area contributed by atoms with E-state index in [4.69, 9.17) is 16.3 Å². The number of ether oxygens (including phenoxy) is 1. The first-order chi connectivity index (χ1) is 14.4. The van der Waals surface area contributed by atoms with E-state index in [9.17, 15) is 22.0 Å². The van der Waals surface area contributed by atoms with Crippen molar-refractivity contribution in [3.63, 3.8) is 0 Å². The van der Waals surface area contributed by atoms with Crippen molar-refractivity contribution in [3.8, 4) is 0 Å². The summed E-state index contributed by atoms with van der Waals surface area (Å²) in [7, 11) is -2.60. The zero-order chi connectivity index (χ0) is 23.3. The smallest absolute Gasteiger partial charge is 0.409 e. The van der Waals surface area contributed by atoms with Gasteiger partial charge in [0.05, 0.1) is 16.8 Å². The molecule has 9 heteroatoms. The van der Waals surface area contributed by atoms with E-state index in [1.807, 2.05) is 13.8 Å². The number of sulfone groups is 1. The largest absolute Gasteiger partial charge is 0.449 e. The third-order valence-corrected chi connectivity index (χ3v) is 7.25. The molecule has 2 aromatic carbocycles. The van der Waals surface area contributed by atoms with E-state index in [1.54, 1.807) is 7.05 Å². The summed E-state index contributed by atoms with van der Waals surface area (Å²) in [5.41, 5.74) is -0.325. The highest BCUT2D eigenvalue weighted by Gasteiger charge is 2.37. The lowest BCUT2D eigenvalue weighted by Gasteiger charge is -2.26. The SMILES string of the molecule is CC(C)CN(C)C(=O)OC[C@@H](C)[C@@H](c1cc(F)ccc1F)S(=O)(=O)c1ccc(Cl)cc1. The van der Waals surface area contributed by atoms with Gasteiger partial charge in [0, 0.05) is 30.1 Å². The van der Waals surface area contributed by atoms with Crippen molar-refractivity contribution in [2.24, 2.45) is 11.8 Å². The Morgan fingerprint density at radius 3 is 2.29 bits per heavy atom. The van der Waals surface area contributed by atoms with Crippen molar-refractivity contribution in [1.29, 1.82) is 0 Å². The molecule has 2 aromatic rings. The van der Waals surface area contributed by atoms with Crippen molar-refractivity contribution >= 4 is 27.5 Å². The van der Waals surface area contributed by atoms with Crippen molar-refractivity contribution in [2.45, 2.75) is 30.9 Å². The van der Waals surface area contributed by atoms with Gasteiger partial charge in [-0.3, -0.25) is 0 Å². The monoisotopic (exact) mass is 473 g/mol. The standard InChI is InChI=1S/C22H26ClF2NO4S/c1-14(2)12-26(4)22(27)30-13-15(3)21(19-11-17(24)7-10-20(19)25)31(28,29)18-8-5-16(23)6-9-18/h5-11,14-15,21H,12-13H2,1-4H3/t15-,21+/m1/s1. The minimum absolute atomic E-state index is 0.0966. The van der Waals surface area contributed by atoms with E-state index in [0.717, 1.165) is 18.2 Å². The first-order valence-corrected chi connectivity index (χ1v) is 11.7. The first-order valence-electron chi connectivity index (χ1n) is 9.75. The number of halogens is 3. The number of nitrogens with zero attached hydrogens (tertiary/aromatic N) is 1. The maximum Gasteiger partial charge on any atom is 0.409 e. The Kier molecular flexibility index (Phi) is 8.42. The van der Waals surface area contributed by atoms with Crippen LogP contribution in [0.3, 0.4) is 0 Å². The number of hydrogen-bond donors (Lipinski definition) is 0. The van der Waals surface area contributed by atoms with Crippen molar-refractivity contribution in [1.82, 2.24) is 4.90 Å². The Morgan fingerprint density at radius 1 is 1.10 bits per heavy atom. The van der Waals surface area contributed by atoms with Crippen LogP contribution in [0.5, 0.6) is 0 Å². The molecule has 0 aliphatic rings. The number of amides is 1. The molecule has 0 saturated carbocycles. The Bertz CT molecular complexity index is 1010. The molecule has 0 fully saturated rings. The van der Waals surface area contributed by atoms with Gasteiger partial charge in [0.1, 0.15) is 11.6 Å². The van der Waals surface area contributed by atoms with Gasteiger partial charge in [0.2, 0.25) is 0 Å². The summed E-state index contributed by atoms with van der Waals surface area (Å²) in [6.45, 7) is 5.55. The van der Waals surface area contributed by atoms with Crippen LogP contribution in [0.2, 0.25) is 5.02 Å². The third-order valence-electron chi connectivity index (χ3n) is 4.68. The Hall–Kier alpha value is -2.19. The maximum absolute atomic E-state index is 14.6. The van der Waals surface area contributed by atoms with Crippen LogP contribution < -0.4 is 0 Å². The van der Waals surface area contributed by atoms with Crippen LogP contribution in [0.15, 0.2) is 47.4 Å². The normalized spacial score (nSPS) is 13.7. The van der Waals surface area contributed by atoms with E-state index in [1.165, 1.54) is 36.1 Å². The van der Waals surface area contributed by atoms with Gasteiger partial charge in [-0.25, -0.2) is 22.0 Å². The third kappa shape index (κ3) is 6.40. The number of rotatable bonds is 8. The second kappa shape index (κ2) is 10.4. The van der Waals surface area contributed by atoms with Crippen LogP contribution in [0.1, 0.15) is 31.6 Å². The fourth-order valence-electron chi connectivity index (χ4n) is 3.31. The molecule has 5 nitrogen and oxygen atoms in total. The number of hydrogen-bond acceptors (Lipinski definition) is 4. The molecule has 0 aliphatic heterocycles. The minimum Gasteiger partial charge on any atom is -0.449 e. The minimum atomic E-state index is -4.17. The molecular weight excluding hydrogens is 448 g/mol. The first kappa shape index (κ1) is 25.1. The van der Waals surface area contributed by atoms with Gasteiger partial charge in [-0.15, -0.1) is 0 Å². The summed E-state index contributed by atoms with van der Waals surface area (Å²) in [4.78, 5) is 13.5. The van der Waals surface area contributed by atoms with E-state index in [0.29, 0.717) is 11.6 Å². The Labute approximate surface area is 186 Å². The molecule has 2 atom stereocenters. The molecule has 0 spiro atoms. The zero-order valence-electron chi connectivity index (χ0n) is 17.8. The molecule has 0 heterocycles. The Balaban J connectivity index is 2.39. The summed E-state index contributed by atoms with van der Waals surface area (Å²) < 4.78 is 60.5. The lowest BCUT2D eigenvalue weighted by molar-refractivity contribution is 0.0932. The van der Waals surface area contributed by atoms with E-state index in [2.05, 4.69) is 0 Å². The molecule has 0 radical (unpaired) electrons. The average Bonchev–Trinajstić information content (AvgIpc) is 2.68. The van der Waals surface area contributed by atoms with E-state index >= 15 is 0 Å². The highest BCUT2D eigenvalue weighted by molar-refractivity contribution is 7.91. The van der Waals surface area contributed by atoms with E-state index in [-0.39, 0.29) is 23.0 Å². The molecule has 0 bridgehead atoms. The average molecular weight is 474 g/mol. The molecular formula is C22H26ClF2NO4S. The molecule has 0 saturated heterocycles. The molecule has 0 N–H and O–H groups in total. The van der Waals surface area contributed by atoms with Crippen LogP contribution in [-0.2, 0) is 14.6 Å². The fraction of sp³-hybridized carbons (Fsp3) is 0.409. The van der Waals surface area contributed by atoms with Gasteiger partial charge < -0.3 is 9.64 Å². The molecule has 0 unspecified atom stereocenters. The predicted octanol–water partition coefficient (Wildman–Crippen LogP) is 5.49. The summed E-state index contributed by atoms with van der Waals surface area (Å²) in [6.07, 6.45) is -0.622. The highest BCUT2D eigenvalue weighted by atomic mass is 35.5.